The molecular formula is C23H27N3O4. The van der Waals surface area contributed by atoms with E-state index in [-0.39, 0.29) is 30.7 Å². The first-order valence-corrected chi connectivity index (χ1v) is 9.85. The van der Waals surface area contributed by atoms with Gasteiger partial charge in [0.05, 0.1) is 24.3 Å². The van der Waals surface area contributed by atoms with Gasteiger partial charge in [0, 0.05) is 24.2 Å². The van der Waals surface area contributed by atoms with Crippen molar-refractivity contribution in [1.29, 1.82) is 0 Å². The molecule has 0 saturated carbocycles. The number of rotatable bonds is 5. The lowest BCUT2D eigenvalue weighted by atomic mass is 10.1. The summed E-state index contributed by atoms with van der Waals surface area (Å²) in [6.07, 6.45) is 0.119. The van der Waals surface area contributed by atoms with Crippen molar-refractivity contribution in [1.82, 2.24) is 5.32 Å². The molecule has 7 heteroatoms. The van der Waals surface area contributed by atoms with Gasteiger partial charge < -0.3 is 20.3 Å². The molecule has 2 N–H and O–H groups in total. The average Bonchev–Trinajstić information content (AvgIpc) is 3.09. The third-order valence-corrected chi connectivity index (χ3v) is 4.80. The molecule has 1 saturated heterocycles. The summed E-state index contributed by atoms with van der Waals surface area (Å²) in [5, 5.41) is 5.73. The minimum Gasteiger partial charge on any atom is -0.497 e. The molecule has 0 aromatic heterocycles. The minimum absolute atomic E-state index is 0.112. The highest BCUT2D eigenvalue weighted by atomic mass is 16.5. The summed E-state index contributed by atoms with van der Waals surface area (Å²) in [5.41, 5.74) is 1.14. The average molecular weight is 409 g/mol. The van der Waals surface area contributed by atoms with Gasteiger partial charge in [-0.25, -0.2) is 0 Å². The molecule has 0 bridgehead atoms. The molecule has 2 aromatic rings. The van der Waals surface area contributed by atoms with Gasteiger partial charge in [0.15, 0.2) is 0 Å². The van der Waals surface area contributed by atoms with E-state index in [9.17, 15) is 14.4 Å². The highest BCUT2D eigenvalue weighted by molar-refractivity contribution is 6.07. The Morgan fingerprint density at radius 1 is 1.07 bits per heavy atom. The van der Waals surface area contributed by atoms with Gasteiger partial charge in [0.2, 0.25) is 11.8 Å². The predicted octanol–water partition coefficient (Wildman–Crippen LogP) is 3.22. The number of hydrogen-bond acceptors (Lipinski definition) is 4. The smallest absolute Gasteiger partial charge is 0.253 e. The van der Waals surface area contributed by atoms with Crippen LogP contribution in [-0.4, -0.2) is 36.9 Å². The Kier molecular flexibility index (Phi) is 6.10. The van der Waals surface area contributed by atoms with Crippen molar-refractivity contribution in [2.75, 3.05) is 23.9 Å². The summed E-state index contributed by atoms with van der Waals surface area (Å²) >= 11 is 0. The van der Waals surface area contributed by atoms with E-state index in [4.69, 9.17) is 4.74 Å². The number of hydrogen-bond donors (Lipinski definition) is 2. The third kappa shape index (κ3) is 4.97. The Labute approximate surface area is 176 Å². The van der Waals surface area contributed by atoms with Crippen LogP contribution in [0.15, 0.2) is 48.5 Å². The van der Waals surface area contributed by atoms with Crippen molar-refractivity contribution < 1.29 is 19.1 Å². The van der Waals surface area contributed by atoms with Gasteiger partial charge >= 0.3 is 0 Å². The summed E-state index contributed by atoms with van der Waals surface area (Å²) in [6, 6.07) is 14.0. The van der Waals surface area contributed by atoms with Crippen LogP contribution in [0.2, 0.25) is 0 Å². The van der Waals surface area contributed by atoms with Crippen LogP contribution in [0.25, 0.3) is 0 Å². The number of benzene rings is 2. The number of carbonyl (C=O) groups is 3. The van der Waals surface area contributed by atoms with E-state index in [2.05, 4.69) is 10.6 Å². The maximum absolute atomic E-state index is 12.9. The lowest BCUT2D eigenvalue weighted by Gasteiger charge is -2.22. The lowest BCUT2D eigenvalue weighted by Crippen LogP contribution is -2.41. The maximum atomic E-state index is 12.9. The Morgan fingerprint density at radius 2 is 1.73 bits per heavy atom. The van der Waals surface area contributed by atoms with Crippen molar-refractivity contribution in [3.05, 3.63) is 54.1 Å². The number of nitrogens with one attached hydrogen (secondary N) is 2. The Balaban J connectivity index is 1.71. The molecule has 0 spiro atoms. The SMILES string of the molecule is COc1ccc(N2C[C@H](C(=O)Nc3ccccc3C(=O)NC(C)(C)C)CC2=O)cc1. The molecule has 1 aliphatic heterocycles. The number of anilines is 2. The quantitative estimate of drug-likeness (QED) is 0.794. The molecule has 7 nitrogen and oxygen atoms in total. The molecule has 1 fully saturated rings. The molecule has 0 aliphatic carbocycles. The molecule has 0 unspecified atom stereocenters. The molecule has 1 heterocycles. The monoisotopic (exact) mass is 409 g/mol. The molecule has 3 rings (SSSR count). The number of amides is 3. The molecule has 1 atom stereocenters. The fourth-order valence-electron chi connectivity index (χ4n) is 3.33. The molecule has 30 heavy (non-hydrogen) atoms. The van der Waals surface area contributed by atoms with Crippen LogP contribution in [-0.2, 0) is 9.59 Å². The first-order valence-electron chi connectivity index (χ1n) is 9.85. The highest BCUT2D eigenvalue weighted by Gasteiger charge is 2.35. The van der Waals surface area contributed by atoms with E-state index < -0.39 is 11.5 Å². The zero-order valence-corrected chi connectivity index (χ0v) is 17.7. The van der Waals surface area contributed by atoms with Crippen LogP contribution >= 0.6 is 0 Å². The second-order valence-electron chi connectivity index (χ2n) is 8.34. The van der Waals surface area contributed by atoms with E-state index in [1.807, 2.05) is 20.8 Å². The van der Waals surface area contributed by atoms with Gasteiger partial charge in [0.25, 0.3) is 5.91 Å². The van der Waals surface area contributed by atoms with E-state index >= 15 is 0 Å². The topological polar surface area (TPSA) is 87.7 Å². The summed E-state index contributed by atoms with van der Waals surface area (Å²) < 4.78 is 5.14. The van der Waals surface area contributed by atoms with Crippen LogP contribution in [0.4, 0.5) is 11.4 Å². The Hall–Kier alpha value is -3.35. The Morgan fingerprint density at radius 3 is 2.37 bits per heavy atom. The van der Waals surface area contributed by atoms with Crippen molar-refractivity contribution in [2.24, 2.45) is 5.92 Å². The molecule has 3 amide bonds. The zero-order valence-electron chi connectivity index (χ0n) is 17.7. The highest BCUT2D eigenvalue weighted by Crippen LogP contribution is 2.28. The fourth-order valence-corrected chi connectivity index (χ4v) is 3.33. The van der Waals surface area contributed by atoms with Crippen LogP contribution < -0.4 is 20.3 Å². The minimum atomic E-state index is -0.502. The van der Waals surface area contributed by atoms with E-state index in [1.54, 1.807) is 60.5 Å². The number of para-hydroxylation sites is 1. The van der Waals surface area contributed by atoms with Gasteiger partial charge in [0.1, 0.15) is 5.75 Å². The van der Waals surface area contributed by atoms with E-state index in [1.165, 1.54) is 0 Å². The molecule has 2 aromatic carbocycles. The van der Waals surface area contributed by atoms with Crippen LogP contribution in [0, 0.1) is 5.92 Å². The maximum Gasteiger partial charge on any atom is 0.253 e. The molecule has 158 valence electrons. The summed E-state index contributed by atoms with van der Waals surface area (Å²) in [5.74, 6) is -0.460. The number of carbonyl (C=O) groups excluding carboxylic acids is 3. The van der Waals surface area contributed by atoms with Crippen molar-refractivity contribution in [3.63, 3.8) is 0 Å². The molecular weight excluding hydrogens is 382 g/mol. The first kappa shape index (κ1) is 21.4. The molecule has 1 aliphatic rings. The largest absolute Gasteiger partial charge is 0.497 e. The van der Waals surface area contributed by atoms with Crippen molar-refractivity contribution >= 4 is 29.1 Å². The lowest BCUT2D eigenvalue weighted by molar-refractivity contribution is -0.122. The normalized spacial score (nSPS) is 16.3. The van der Waals surface area contributed by atoms with Gasteiger partial charge in [-0.2, -0.15) is 0 Å². The third-order valence-electron chi connectivity index (χ3n) is 4.80. The number of methoxy groups -OCH3 is 1. The van der Waals surface area contributed by atoms with Crippen LogP contribution in [0.5, 0.6) is 5.75 Å². The predicted molar refractivity (Wildman–Crippen MR) is 116 cm³/mol. The molecule has 0 radical (unpaired) electrons. The summed E-state index contributed by atoms with van der Waals surface area (Å²) in [6.45, 7) is 5.96. The van der Waals surface area contributed by atoms with Crippen LogP contribution in [0.1, 0.15) is 37.6 Å². The second kappa shape index (κ2) is 8.57. The van der Waals surface area contributed by atoms with Gasteiger partial charge in [-0.3, -0.25) is 14.4 Å². The summed E-state index contributed by atoms with van der Waals surface area (Å²) in [7, 11) is 1.58. The fraction of sp³-hybridized carbons (Fsp3) is 0.348. The van der Waals surface area contributed by atoms with E-state index in [0.717, 1.165) is 5.69 Å². The number of nitrogens with zero attached hydrogens (tertiary/aromatic N) is 1. The second-order valence-corrected chi connectivity index (χ2v) is 8.34. The first-order chi connectivity index (χ1) is 14.2. The van der Waals surface area contributed by atoms with Crippen molar-refractivity contribution in [3.8, 4) is 5.75 Å². The van der Waals surface area contributed by atoms with Gasteiger partial charge in [-0.15, -0.1) is 0 Å². The van der Waals surface area contributed by atoms with E-state index in [0.29, 0.717) is 17.0 Å². The van der Waals surface area contributed by atoms with Gasteiger partial charge in [-0.1, -0.05) is 12.1 Å². The number of ether oxygens (including phenoxy) is 1. The van der Waals surface area contributed by atoms with Crippen molar-refractivity contribution in [2.45, 2.75) is 32.7 Å². The standard InChI is InChI=1S/C23H27N3O4/c1-23(2,3)25-22(29)18-7-5-6-8-19(18)24-21(28)15-13-20(27)26(14-15)16-9-11-17(30-4)12-10-16/h5-12,15H,13-14H2,1-4H3,(H,24,28)(H,25,29)/t15-/m1/s1. The Bertz CT molecular complexity index is 948. The van der Waals surface area contributed by atoms with Gasteiger partial charge in [-0.05, 0) is 57.2 Å². The summed E-state index contributed by atoms with van der Waals surface area (Å²) in [4.78, 5) is 39.5. The zero-order chi connectivity index (χ0) is 21.9. The van der Waals surface area contributed by atoms with Crippen LogP contribution in [0.3, 0.4) is 0 Å².